The number of unbranched alkanes of at least 4 members (excludes halogenated alkanes) is 1. The monoisotopic (exact) mass is 637 g/mol. The van der Waals surface area contributed by atoms with Gasteiger partial charge >= 0.3 is 0 Å². The summed E-state index contributed by atoms with van der Waals surface area (Å²) in [6.45, 7) is 5.48. The Bertz CT molecular complexity index is 2050. The molecule has 0 N–H and O–H groups in total. The van der Waals surface area contributed by atoms with E-state index in [1.54, 1.807) is 10.8 Å². The molecule has 3 aromatic carbocycles. The van der Waals surface area contributed by atoms with Gasteiger partial charge in [0.05, 0.1) is 28.5 Å². The van der Waals surface area contributed by atoms with Gasteiger partial charge in [0.15, 0.2) is 5.82 Å². The fourth-order valence-electron chi connectivity index (χ4n) is 4.65. The SMILES string of the molecule is CCCCOc1ccc(/C=C/c2nc3s/c(=C\c4cn(-c5ccccc5)nc4-c4ccc(OCCC)c(Cl)c4)c(=O)n3n2)cc1. The maximum absolute atomic E-state index is 13.4. The summed E-state index contributed by atoms with van der Waals surface area (Å²) in [5.74, 6) is 1.94. The Morgan fingerprint density at radius 3 is 2.47 bits per heavy atom. The predicted molar refractivity (Wildman–Crippen MR) is 181 cm³/mol. The summed E-state index contributed by atoms with van der Waals surface area (Å²) in [5, 5.41) is 9.83. The standard InChI is InChI=1S/C35H32ClN5O3S/c1-3-5-20-43-28-15-11-24(12-16-28)13-18-32-37-35-41(38-32)34(42)31(45-35)22-26-23-40(27-9-7-6-8-10-27)39-33(26)25-14-17-30(29(36)21-25)44-19-4-2/h6-18,21-23H,3-5,19-20H2,1-2H3/b18-13+,31-22-. The largest absolute Gasteiger partial charge is 0.494 e. The summed E-state index contributed by atoms with van der Waals surface area (Å²) < 4.78 is 15.1. The normalized spacial score (nSPS) is 12.0. The number of hydrogen-bond donors (Lipinski definition) is 0. The molecule has 0 radical (unpaired) electrons. The zero-order valence-electron chi connectivity index (χ0n) is 25.0. The molecule has 0 unspecified atom stereocenters. The van der Waals surface area contributed by atoms with Crippen LogP contribution in [0.1, 0.15) is 50.1 Å². The molecule has 6 rings (SSSR count). The molecular formula is C35H32ClN5O3S. The van der Waals surface area contributed by atoms with Gasteiger partial charge < -0.3 is 9.47 Å². The molecule has 10 heteroatoms. The molecule has 0 fully saturated rings. The van der Waals surface area contributed by atoms with Crippen molar-refractivity contribution in [2.24, 2.45) is 0 Å². The van der Waals surface area contributed by atoms with Crippen LogP contribution in [0.4, 0.5) is 0 Å². The van der Waals surface area contributed by atoms with Crippen LogP contribution in [0.2, 0.25) is 5.02 Å². The van der Waals surface area contributed by atoms with Crippen molar-refractivity contribution in [2.75, 3.05) is 13.2 Å². The van der Waals surface area contributed by atoms with Crippen LogP contribution in [0, 0.1) is 0 Å². The highest BCUT2D eigenvalue weighted by molar-refractivity contribution is 7.15. The van der Waals surface area contributed by atoms with Gasteiger partial charge in [-0.05, 0) is 73.0 Å². The van der Waals surface area contributed by atoms with E-state index in [2.05, 4.69) is 17.0 Å². The summed E-state index contributed by atoms with van der Waals surface area (Å²) in [6, 6.07) is 23.3. The van der Waals surface area contributed by atoms with Gasteiger partial charge in [-0.2, -0.15) is 14.6 Å². The molecule has 45 heavy (non-hydrogen) atoms. The smallest absolute Gasteiger partial charge is 0.291 e. The number of rotatable bonds is 12. The lowest BCUT2D eigenvalue weighted by Gasteiger charge is -2.08. The average Bonchev–Trinajstić information content (AvgIpc) is 3.75. The molecular weight excluding hydrogens is 606 g/mol. The molecule has 3 aromatic heterocycles. The van der Waals surface area contributed by atoms with Gasteiger partial charge in [-0.15, -0.1) is 5.10 Å². The lowest BCUT2D eigenvalue weighted by molar-refractivity contribution is 0.309. The third kappa shape index (κ3) is 7.00. The zero-order valence-corrected chi connectivity index (χ0v) is 26.6. The van der Waals surface area contributed by atoms with Crippen molar-refractivity contribution in [3.05, 3.63) is 116 Å². The van der Waals surface area contributed by atoms with Crippen molar-refractivity contribution in [2.45, 2.75) is 33.1 Å². The van der Waals surface area contributed by atoms with Crippen LogP contribution >= 0.6 is 22.9 Å². The molecule has 0 saturated carbocycles. The maximum atomic E-state index is 13.4. The summed E-state index contributed by atoms with van der Waals surface area (Å²) >= 11 is 7.86. The van der Waals surface area contributed by atoms with Gasteiger partial charge in [-0.3, -0.25) is 4.79 Å². The molecule has 0 aliphatic rings. The second-order valence-electron chi connectivity index (χ2n) is 10.4. The molecule has 0 aliphatic heterocycles. The van der Waals surface area contributed by atoms with E-state index in [9.17, 15) is 4.79 Å². The van der Waals surface area contributed by atoms with Crippen molar-refractivity contribution in [3.8, 4) is 28.4 Å². The molecule has 228 valence electrons. The van der Waals surface area contributed by atoms with E-state index in [1.807, 2.05) is 98.1 Å². The van der Waals surface area contributed by atoms with Crippen LogP contribution in [0.5, 0.6) is 11.5 Å². The third-order valence-corrected chi connectivity index (χ3v) is 8.24. The summed E-state index contributed by atoms with van der Waals surface area (Å²) in [6.07, 6.45) is 10.5. The van der Waals surface area contributed by atoms with Crippen molar-refractivity contribution in [1.82, 2.24) is 24.4 Å². The number of benzene rings is 3. The van der Waals surface area contributed by atoms with Crippen molar-refractivity contribution in [3.63, 3.8) is 0 Å². The minimum absolute atomic E-state index is 0.240. The number of aromatic nitrogens is 5. The summed E-state index contributed by atoms with van der Waals surface area (Å²) in [5.41, 5.74) is 3.90. The van der Waals surface area contributed by atoms with Crippen LogP contribution < -0.4 is 19.6 Å². The first-order chi connectivity index (χ1) is 22.0. The Morgan fingerprint density at radius 1 is 0.911 bits per heavy atom. The van der Waals surface area contributed by atoms with Gasteiger partial charge in [-0.25, -0.2) is 4.68 Å². The van der Waals surface area contributed by atoms with Gasteiger partial charge in [0.25, 0.3) is 5.56 Å². The van der Waals surface area contributed by atoms with Gasteiger partial charge in [-0.1, -0.05) is 79.6 Å². The minimum atomic E-state index is -0.240. The van der Waals surface area contributed by atoms with E-state index >= 15 is 0 Å². The van der Waals surface area contributed by atoms with E-state index in [-0.39, 0.29) is 5.56 Å². The molecule has 0 aliphatic carbocycles. The number of ether oxygens (including phenoxy) is 2. The highest BCUT2D eigenvalue weighted by Crippen LogP contribution is 2.32. The number of fused-ring (bicyclic) bond motifs is 1. The second kappa shape index (κ2) is 13.9. The first-order valence-electron chi connectivity index (χ1n) is 14.9. The predicted octanol–water partition coefficient (Wildman–Crippen LogP) is 7.34. The Morgan fingerprint density at radius 2 is 1.73 bits per heavy atom. The van der Waals surface area contributed by atoms with E-state index < -0.39 is 0 Å². The van der Waals surface area contributed by atoms with E-state index in [0.717, 1.165) is 47.4 Å². The number of hydrogen-bond acceptors (Lipinski definition) is 7. The maximum Gasteiger partial charge on any atom is 0.291 e. The first kappa shape index (κ1) is 30.3. The average molecular weight is 638 g/mol. The molecule has 0 atom stereocenters. The van der Waals surface area contributed by atoms with Crippen LogP contribution in [0.3, 0.4) is 0 Å². The quantitative estimate of drug-likeness (QED) is 0.131. The lowest BCUT2D eigenvalue weighted by Crippen LogP contribution is -2.23. The zero-order chi connectivity index (χ0) is 31.2. The van der Waals surface area contributed by atoms with Crippen LogP contribution in [0.15, 0.2) is 83.8 Å². The highest BCUT2D eigenvalue weighted by atomic mass is 35.5. The molecule has 0 saturated heterocycles. The lowest BCUT2D eigenvalue weighted by atomic mass is 10.1. The van der Waals surface area contributed by atoms with Gasteiger partial charge in [0.1, 0.15) is 17.2 Å². The topological polar surface area (TPSA) is 83.5 Å². The third-order valence-electron chi connectivity index (χ3n) is 6.99. The van der Waals surface area contributed by atoms with Gasteiger partial charge in [0.2, 0.25) is 4.96 Å². The van der Waals surface area contributed by atoms with Crippen molar-refractivity contribution < 1.29 is 9.47 Å². The van der Waals surface area contributed by atoms with E-state index in [4.69, 9.17) is 26.2 Å². The Hall–Kier alpha value is -4.73. The van der Waals surface area contributed by atoms with Crippen LogP contribution in [-0.2, 0) is 0 Å². The molecule has 8 nitrogen and oxygen atoms in total. The number of nitrogens with zero attached hydrogens (tertiary/aromatic N) is 5. The highest BCUT2D eigenvalue weighted by Gasteiger charge is 2.15. The molecule has 0 spiro atoms. The Labute approximate surface area is 269 Å². The Balaban J connectivity index is 1.30. The molecule has 0 bridgehead atoms. The fraction of sp³-hybridized carbons (Fsp3) is 0.200. The first-order valence-corrected chi connectivity index (χ1v) is 16.1. The second-order valence-corrected chi connectivity index (χ2v) is 11.8. The minimum Gasteiger partial charge on any atom is -0.494 e. The number of para-hydroxylation sites is 1. The number of halogens is 1. The Kier molecular flexibility index (Phi) is 9.38. The van der Waals surface area contributed by atoms with Gasteiger partial charge in [0, 0.05) is 17.3 Å². The molecule has 6 aromatic rings. The van der Waals surface area contributed by atoms with Crippen molar-refractivity contribution in [1.29, 1.82) is 0 Å². The molecule has 3 heterocycles. The van der Waals surface area contributed by atoms with Crippen molar-refractivity contribution >= 4 is 46.1 Å². The fourth-order valence-corrected chi connectivity index (χ4v) is 5.79. The number of thiazole rings is 1. The van der Waals surface area contributed by atoms with E-state index in [0.29, 0.717) is 45.0 Å². The van der Waals surface area contributed by atoms with Crippen LogP contribution in [-0.4, -0.2) is 37.6 Å². The summed E-state index contributed by atoms with van der Waals surface area (Å²) in [4.78, 5) is 18.5. The molecule has 0 amide bonds. The van der Waals surface area contributed by atoms with Crippen LogP contribution in [0.25, 0.3) is 40.1 Å². The summed E-state index contributed by atoms with van der Waals surface area (Å²) in [7, 11) is 0. The van der Waals surface area contributed by atoms with E-state index in [1.165, 1.54) is 15.9 Å².